The molecule has 0 radical (unpaired) electrons. The molecule has 0 unspecified atom stereocenters. The standard InChI is InChI=1S/C20H20N3O4P/c1-23-20(16-5-3-2-4-6-16)17(13-21-23)9-12-19(24)22-18-10-7-15(8-11-18)14-28(25,26)27/h2-13H,14H2,1H3,(H,22,24)(H2,25,26,27)/b12-9+. The van der Waals surface area contributed by atoms with E-state index in [4.69, 9.17) is 9.79 Å². The Morgan fingerprint density at radius 3 is 2.46 bits per heavy atom. The molecule has 0 saturated heterocycles. The summed E-state index contributed by atoms with van der Waals surface area (Å²) < 4.78 is 12.8. The van der Waals surface area contributed by atoms with E-state index in [1.54, 1.807) is 41.2 Å². The number of carbonyl (C=O) groups is 1. The molecule has 3 N–H and O–H groups in total. The number of aryl methyl sites for hydroxylation is 1. The molecule has 2 aromatic carbocycles. The number of benzene rings is 2. The average molecular weight is 397 g/mol. The van der Waals surface area contributed by atoms with Crippen molar-refractivity contribution in [2.75, 3.05) is 5.32 Å². The minimum Gasteiger partial charge on any atom is -0.324 e. The molecule has 0 aliphatic carbocycles. The van der Waals surface area contributed by atoms with Gasteiger partial charge in [0.25, 0.3) is 0 Å². The van der Waals surface area contributed by atoms with Crippen molar-refractivity contribution in [2.45, 2.75) is 6.16 Å². The van der Waals surface area contributed by atoms with Crippen molar-refractivity contribution in [1.29, 1.82) is 0 Å². The quantitative estimate of drug-likeness (QED) is 0.437. The molecule has 0 atom stereocenters. The number of nitrogens with zero attached hydrogens (tertiary/aromatic N) is 2. The number of hydrogen-bond acceptors (Lipinski definition) is 3. The van der Waals surface area contributed by atoms with Crippen molar-refractivity contribution in [2.24, 2.45) is 7.05 Å². The SMILES string of the molecule is Cn1ncc(/C=C/C(=O)Nc2ccc(CP(=O)(O)O)cc2)c1-c1ccccc1. The van der Waals surface area contributed by atoms with Crippen LogP contribution in [0.5, 0.6) is 0 Å². The van der Waals surface area contributed by atoms with Crippen LogP contribution in [-0.2, 0) is 22.6 Å². The zero-order valence-corrected chi connectivity index (χ0v) is 16.1. The van der Waals surface area contributed by atoms with Gasteiger partial charge in [-0.2, -0.15) is 5.10 Å². The fourth-order valence-corrected chi connectivity index (χ4v) is 3.49. The molecule has 7 nitrogen and oxygen atoms in total. The van der Waals surface area contributed by atoms with Gasteiger partial charge in [0.2, 0.25) is 5.91 Å². The Hall–Kier alpha value is -2.99. The fourth-order valence-electron chi connectivity index (χ4n) is 2.81. The predicted octanol–water partition coefficient (Wildman–Crippen LogP) is 3.42. The van der Waals surface area contributed by atoms with Gasteiger partial charge in [0.15, 0.2) is 0 Å². The highest BCUT2D eigenvalue weighted by atomic mass is 31.2. The molecule has 1 aromatic heterocycles. The topological polar surface area (TPSA) is 104 Å². The summed E-state index contributed by atoms with van der Waals surface area (Å²) in [6, 6.07) is 16.2. The van der Waals surface area contributed by atoms with Crippen molar-refractivity contribution in [1.82, 2.24) is 9.78 Å². The van der Waals surface area contributed by atoms with Crippen molar-refractivity contribution in [3.63, 3.8) is 0 Å². The van der Waals surface area contributed by atoms with Crippen LogP contribution in [0.2, 0.25) is 0 Å². The molecule has 144 valence electrons. The van der Waals surface area contributed by atoms with Crippen LogP contribution in [0, 0.1) is 0 Å². The zero-order chi connectivity index (χ0) is 20.1. The molecule has 3 aromatic rings. The van der Waals surface area contributed by atoms with Crippen LogP contribution in [0.4, 0.5) is 5.69 Å². The Balaban J connectivity index is 1.69. The molecule has 0 aliphatic heterocycles. The summed E-state index contributed by atoms with van der Waals surface area (Å²) in [5.41, 5.74) is 3.78. The van der Waals surface area contributed by atoms with Gasteiger partial charge in [-0.05, 0) is 23.8 Å². The maximum Gasteiger partial charge on any atom is 0.329 e. The van der Waals surface area contributed by atoms with Crippen LogP contribution < -0.4 is 5.32 Å². The maximum atomic E-state index is 12.2. The smallest absolute Gasteiger partial charge is 0.324 e. The van der Waals surface area contributed by atoms with E-state index in [0.29, 0.717) is 11.3 Å². The molecule has 28 heavy (non-hydrogen) atoms. The molecule has 0 bridgehead atoms. The summed E-state index contributed by atoms with van der Waals surface area (Å²) in [5, 5.41) is 6.98. The van der Waals surface area contributed by atoms with E-state index in [2.05, 4.69) is 10.4 Å². The van der Waals surface area contributed by atoms with Gasteiger partial charge >= 0.3 is 7.60 Å². The van der Waals surface area contributed by atoms with Gasteiger partial charge in [-0.1, -0.05) is 42.5 Å². The Kier molecular flexibility index (Phi) is 5.90. The van der Waals surface area contributed by atoms with Crippen LogP contribution in [-0.4, -0.2) is 25.5 Å². The second-order valence-corrected chi connectivity index (χ2v) is 7.93. The molecule has 3 rings (SSSR count). The molecule has 0 aliphatic rings. The number of aromatic nitrogens is 2. The molecule has 1 heterocycles. The van der Waals surface area contributed by atoms with E-state index in [-0.39, 0.29) is 12.1 Å². The largest absolute Gasteiger partial charge is 0.329 e. The van der Waals surface area contributed by atoms with Gasteiger partial charge < -0.3 is 15.1 Å². The molecular weight excluding hydrogens is 377 g/mol. The van der Waals surface area contributed by atoms with Gasteiger partial charge in [-0.25, -0.2) is 0 Å². The predicted molar refractivity (Wildman–Crippen MR) is 108 cm³/mol. The number of carbonyl (C=O) groups excluding carboxylic acids is 1. The minimum atomic E-state index is -4.11. The first-order valence-corrected chi connectivity index (χ1v) is 10.3. The van der Waals surface area contributed by atoms with Crippen LogP contribution in [0.1, 0.15) is 11.1 Å². The van der Waals surface area contributed by atoms with E-state index in [1.807, 2.05) is 37.4 Å². The monoisotopic (exact) mass is 397 g/mol. The highest BCUT2D eigenvalue weighted by molar-refractivity contribution is 7.50. The van der Waals surface area contributed by atoms with Gasteiger partial charge in [-0.15, -0.1) is 0 Å². The number of amides is 1. The van der Waals surface area contributed by atoms with E-state index in [1.165, 1.54) is 6.08 Å². The van der Waals surface area contributed by atoms with Gasteiger partial charge in [0.1, 0.15) is 0 Å². The van der Waals surface area contributed by atoms with Crippen molar-refractivity contribution >= 4 is 25.3 Å². The zero-order valence-electron chi connectivity index (χ0n) is 15.2. The van der Waals surface area contributed by atoms with Crippen molar-refractivity contribution in [3.8, 4) is 11.3 Å². The summed E-state index contributed by atoms with van der Waals surface area (Å²) in [6.45, 7) is 0. The Bertz CT molecular complexity index is 1040. The van der Waals surface area contributed by atoms with Crippen LogP contribution in [0.25, 0.3) is 17.3 Å². The lowest BCUT2D eigenvalue weighted by atomic mass is 10.1. The van der Waals surface area contributed by atoms with E-state index in [9.17, 15) is 9.36 Å². The van der Waals surface area contributed by atoms with Crippen LogP contribution >= 0.6 is 7.60 Å². The molecule has 0 spiro atoms. The first kappa shape index (κ1) is 19.8. The van der Waals surface area contributed by atoms with E-state index in [0.717, 1.165) is 16.8 Å². The third kappa shape index (κ3) is 5.27. The maximum absolute atomic E-state index is 12.2. The highest BCUT2D eigenvalue weighted by Gasteiger charge is 2.13. The summed E-state index contributed by atoms with van der Waals surface area (Å²) in [4.78, 5) is 30.2. The van der Waals surface area contributed by atoms with Crippen molar-refractivity contribution < 1.29 is 19.1 Å². The lowest BCUT2D eigenvalue weighted by Crippen LogP contribution is -2.07. The molecule has 0 fully saturated rings. The van der Waals surface area contributed by atoms with Gasteiger partial charge in [-0.3, -0.25) is 14.0 Å². The Morgan fingerprint density at radius 2 is 1.82 bits per heavy atom. The summed E-state index contributed by atoms with van der Waals surface area (Å²) in [7, 11) is -2.26. The lowest BCUT2D eigenvalue weighted by Gasteiger charge is -2.06. The van der Waals surface area contributed by atoms with E-state index < -0.39 is 7.60 Å². The van der Waals surface area contributed by atoms with Gasteiger partial charge in [0.05, 0.1) is 18.1 Å². The first-order valence-electron chi connectivity index (χ1n) is 8.52. The average Bonchev–Trinajstić information content (AvgIpc) is 3.02. The summed E-state index contributed by atoms with van der Waals surface area (Å²) in [6.07, 6.45) is 4.49. The highest BCUT2D eigenvalue weighted by Crippen LogP contribution is 2.39. The number of rotatable bonds is 6. The number of nitrogens with one attached hydrogen (secondary N) is 1. The molecular formula is C20H20N3O4P. The molecule has 8 heteroatoms. The minimum absolute atomic E-state index is 0.314. The second kappa shape index (κ2) is 8.35. The van der Waals surface area contributed by atoms with Crippen molar-refractivity contribution in [3.05, 3.63) is 78.0 Å². The second-order valence-electron chi connectivity index (χ2n) is 6.28. The van der Waals surface area contributed by atoms with Crippen LogP contribution in [0.3, 0.4) is 0 Å². The molecule has 1 amide bonds. The number of anilines is 1. The third-order valence-corrected chi connectivity index (χ3v) is 4.82. The normalized spacial score (nSPS) is 11.7. The summed E-state index contributed by atoms with van der Waals surface area (Å²) >= 11 is 0. The van der Waals surface area contributed by atoms with Gasteiger partial charge in [0, 0.05) is 29.9 Å². The number of hydrogen-bond donors (Lipinski definition) is 3. The first-order chi connectivity index (χ1) is 13.3. The Labute approximate surface area is 162 Å². The summed E-state index contributed by atoms with van der Waals surface area (Å²) in [5.74, 6) is -0.314. The fraction of sp³-hybridized carbons (Fsp3) is 0.100. The van der Waals surface area contributed by atoms with Crippen LogP contribution in [0.15, 0.2) is 66.9 Å². The molecule has 0 saturated carbocycles. The lowest BCUT2D eigenvalue weighted by molar-refractivity contribution is -0.111. The Morgan fingerprint density at radius 1 is 1.14 bits per heavy atom. The third-order valence-electron chi connectivity index (χ3n) is 4.04. The van der Waals surface area contributed by atoms with E-state index >= 15 is 0 Å².